The fraction of sp³-hybridized carbons (Fsp3) is 0.889. The van der Waals surface area contributed by atoms with Crippen molar-refractivity contribution in [1.29, 1.82) is 0 Å². The van der Waals surface area contributed by atoms with E-state index in [0.29, 0.717) is 0 Å². The van der Waals surface area contributed by atoms with Gasteiger partial charge in [-0.1, -0.05) is 20.3 Å². The third kappa shape index (κ3) is 3.32. The zero-order valence-electron chi connectivity index (χ0n) is 8.12. The molecule has 72 valence electrons. The van der Waals surface area contributed by atoms with Crippen LogP contribution >= 0.6 is 0 Å². The minimum absolute atomic E-state index is 0.0276. The summed E-state index contributed by atoms with van der Waals surface area (Å²) in [5.41, 5.74) is 5.83. The van der Waals surface area contributed by atoms with Gasteiger partial charge in [0, 0.05) is 19.1 Å². The van der Waals surface area contributed by atoms with Gasteiger partial charge in [0.15, 0.2) is 0 Å². The molecule has 0 aliphatic heterocycles. The molecule has 0 unspecified atom stereocenters. The van der Waals surface area contributed by atoms with Crippen molar-refractivity contribution >= 4 is 6.29 Å². The van der Waals surface area contributed by atoms with Crippen LogP contribution in [0.15, 0.2) is 0 Å². The molecule has 2 N–H and O–H groups in total. The SMILES string of the molecule is CCC[C@H](N)[C@H](OC)[C@@H](C)C=O. The first kappa shape index (κ1) is 11.6. The molecule has 0 heterocycles. The topological polar surface area (TPSA) is 52.3 Å². The third-order valence-corrected chi connectivity index (χ3v) is 2.05. The quantitative estimate of drug-likeness (QED) is 0.609. The molecule has 0 amide bonds. The lowest BCUT2D eigenvalue weighted by molar-refractivity contribution is -0.115. The Kier molecular flexibility index (Phi) is 5.93. The molecular formula is C9H19NO2. The first-order valence-electron chi connectivity index (χ1n) is 4.41. The van der Waals surface area contributed by atoms with Crippen molar-refractivity contribution in [2.24, 2.45) is 11.7 Å². The second-order valence-corrected chi connectivity index (χ2v) is 3.15. The van der Waals surface area contributed by atoms with Crippen molar-refractivity contribution in [3.8, 4) is 0 Å². The number of carbonyl (C=O) groups excluding carboxylic acids is 1. The average Bonchev–Trinajstić information content (AvgIpc) is 2.06. The Balaban J connectivity index is 4.02. The van der Waals surface area contributed by atoms with E-state index in [9.17, 15) is 4.79 Å². The van der Waals surface area contributed by atoms with E-state index in [1.165, 1.54) is 0 Å². The summed E-state index contributed by atoms with van der Waals surface area (Å²) >= 11 is 0. The highest BCUT2D eigenvalue weighted by molar-refractivity contribution is 5.54. The van der Waals surface area contributed by atoms with Gasteiger partial charge in [0.2, 0.25) is 0 Å². The van der Waals surface area contributed by atoms with Gasteiger partial charge >= 0.3 is 0 Å². The second-order valence-electron chi connectivity index (χ2n) is 3.15. The lowest BCUT2D eigenvalue weighted by Crippen LogP contribution is -2.40. The highest BCUT2D eigenvalue weighted by Gasteiger charge is 2.22. The molecule has 3 nitrogen and oxygen atoms in total. The van der Waals surface area contributed by atoms with Crippen molar-refractivity contribution < 1.29 is 9.53 Å². The predicted molar refractivity (Wildman–Crippen MR) is 48.9 cm³/mol. The minimum Gasteiger partial charge on any atom is -0.379 e. The number of hydrogen-bond donors (Lipinski definition) is 1. The molecule has 0 aliphatic rings. The zero-order valence-corrected chi connectivity index (χ0v) is 8.12. The number of rotatable bonds is 6. The van der Waals surface area contributed by atoms with Gasteiger partial charge in [-0.15, -0.1) is 0 Å². The number of nitrogens with two attached hydrogens (primary N) is 1. The van der Waals surface area contributed by atoms with E-state index in [4.69, 9.17) is 10.5 Å². The van der Waals surface area contributed by atoms with Gasteiger partial charge < -0.3 is 15.3 Å². The van der Waals surface area contributed by atoms with Crippen molar-refractivity contribution in [3.05, 3.63) is 0 Å². The summed E-state index contributed by atoms with van der Waals surface area (Å²) in [5.74, 6) is -0.114. The van der Waals surface area contributed by atoms with Crippen molar-refractivity contribution in [2.75, 3.05) is 7.11 Å². The standard InChI is InChI=1S/C9H19NO2/c1-4-5-8(10)9(12-3)7(2)6-11/h6-9H,4-5,10H2,1-3H3/t7-,8-,9+/m0/s1. The number of hydrogen-bond acceptors (Lipinski definition) is 3. The third-order valence-electron chi connectivity index (χ3n) is 2.05. The Labute approximate surface area is 74.3 Å². The number of methoxy groups -OCH3 is 1. The van der Waals surface area contributed by atoms with Crippen LogP contribution in [0.4, 0.5) is 0 Å². The van der Waals surface area contributed by atoms with E-state index in [2.05, 4.69) is 6.92 Å². The van der Waals surface area contributed by atoms with E-state index in [0.717, 1.165) is 19.1 Å². The zero-order chi connectivity index (χ0) is 9.56. The molecule has 0 aromatic heterocycles. The largest absolute Gasteiger partial charge is 0.379 e. The van der Waals surface area contributed by atoms with Crippen molar-refractivity contribution in [1.82, 2.24) is 0 Å². The molecule has 0 bridgehead atoms. The Bertz CT molecular complexity index is 128. The van der Waals surface area contributed by atoms with Crippen molar-refractivity contribution in [3.63, 3.8) is 0 Å². The van der Waals surface area contributed by atoms with Crippen LogP contribution in [0.2, 0.25) is 0 Å². The monoisotopic (exact) mass is 173 g/mol. The molecule has 3 heteroatoms. The number of carbonyl (C=O) groups is 1. The van der Waals surface area contributed by atoms with Gasteiger partial charge in [-0.3, -0.25) is 0 Å². The van der Waals surface area contributed by atoms with E-state index in [1.807, 2.05) is 6.92 Å². The normalized spacial score (nSPS) is 18.3. The summed E-state index contributed by atoms with van der Waals surface area (Å²) in [6.07, 6.45) is 2.68. The molecule has 12 heavy (non-hydrogen) atoms. The van der Waals surface area contributed by atoms with E-state index in [1.54, 1.807) is 7.11 Å². The molecule has 0 fully saturated rings. The molecule has 0 saturated heterocycles. The van der Waals surface area contributed by atoms with Gasteiger partial charge in [-0.25, -0.2) is 0 Å². The minimum atomic E-state index is -0.137. The number of ether oxygens (including phenoxy) is 1. The van der Waals surface area contributed by atoms with Gasteiger partial charge in [0.1, 0.15) is 6.29 Å². The lowest BCUT2D eigenvalue weighted by atomic mass is 9.96. The smallest absolute Gasteiger partial charge is 0.125 e. The molecule has 0 rings (SSSR count). The van der Waals surface area contributed by atoms with Crippen molar-refractivity contribution in [2.45, 2.75) is 38.8 Å². The van der Waals surface area contributed by atoms with Crippen LogP contribution in [0.3, 0.4) is 0 Å². The first-order chi connectivity index (χ1) is 5.67. The molecule has 0 aromatic carbocycles. The molecule has 0 aromatic rings. The Hall–Kier alpha value is -0.410. The van der Waals surface area contributed by atoms with Crippen LogP contribution < -0.4 is 5.73 Å². The Morgan fingerprint density at radius 2 is 2.17 bits per heavy atom. The van der Waals surface area contributed by atoms with Gasteiger partial charge in [-0.05, 0) is 6.42 Å². The highest BCUT2D eigenvalue weighted by Crippen LogP contribution is 2.11. The molecule has 3 atom stereocenters. The van der Waals surface area contributed by atoms with Crippen LogP contribution in [0, 0.1) is 5.92 Å². The van der Waals surface area contributed by atoms with E-state index < -0.39 is 0 Å². The Morgan fingerprint density at radius 1 is 1.58 bits per heavy atom. The second kappa shape index (κ2) is 6.14. The average molecular weight is 173 g/mol. The summed E-state index contributed by atoms with van der Waals surface area (Å²) in [6.45, 7) is 3.90. The van der Waals surface area contributed by atoms with Crippen LogP contribution in [0.25, 0.3) is 0 Å². The van der Waals surface area contributed by atoms with Crippen LogP contribution in [-0.2, 0) is 9.53 Å². The maximum atomic E-state index is 10.5. The van der Waals surface area contributed by atoms with Gasteiger partial charge in [0.05, 0.1) is 6.10 Å². The molecule has 0 radical (unpaired) electrons. The summed E-state index contributed by atoms with van der Waals surface area (Å²) in [6, 6.07) is -0.0276. The molecular weight excluding hydrogens is 154 g/mol. The summed E-state index contributed by atoms with van der Waals surface area (Å²) in [7, 11) is 1.60. The van der Waals surface area contributed by atoms with E-state index in [-0.39, 0.29) is 18.1 Å². The molecule has 0 aliphatic carbocycles. The van der Waals surface area contributed by atoms with Crippen LogP contribution in [-0.4, -0.2) is 25.5 Å². The van der Waals surface area contributed by atoms with Gasteiger partial charge in [-0.2, -0.15) is 0 Å². The highest BCUT2D eigenvalue weighted by atomic mass is 16.5. The summed E-state index contributed by atoms with van der Waals surface area (Å²) in [4.78, 5) is 10.5. The maximum absolute atomic E-state index is 10.5. The fourth-order valence-electron chi connectivity index (χ4n) is 1.35. The molecule has 0 spiro atoms. The Morgan fingerprint density at radius 3 is 2.50 bits per heavy atom. The maximum Gasteiger partial charge on any atom is 0.125 e. The fourth-order valence-corrected chi connectivity index (χ4v) is 1.35. The lowest BCUT2D eigenvalue weighted by Gasteiger charge is -2.24. The predicted octanol–water partition coefficient (Wildman–Crippen LogP) is 0.964. The van der Waals surface area contributed by atoms with Gasteiger partial charge in [0.25, 0.3) is 0 Å². The summed E-state index contributed by atoms with van der Waals surface area (Å²) < 4.78 is 5.16. The van der Waals surface area contributed by atoms with E-state index >= 15 is 0 Å². The molecule has 0 saturated carbocycles. The summed E-state index contributed by atoms with van der Waals surface area (Å²) in [5, 5.41) is 0. The first-order valence-corrected chi connectivity index (χ1v) is 4.41. The van der Waals surface area contributed by atoms with Crippen LogP contribution in [0.5, 0.6) is 0 Å². The number of aldehydes is 1. The van der Waals surface area contributed by atoms with Crippen LogP contribution in [0.1, 0.15) is 26.7 Å².